The molecule has 1 unspecified atom stereocenters. The Morgan fingerprint density at radius 3 is 2.35 bits per heavy atom. The number of aryl methyl sites for hydroxylation is 1. The summed E-state index contributed by atoms with van der Waals surface area (Å²) >= 11 is 0. The summed E-state index contributed by atoms with van der Waals surface area (Å²) in [5, 5.41) is 9.34. The van der Waals surface area contributed by atoms with Crippen molar-refractivity contribution in [2.75, 3.05) is 0 Å². The van der Waals surface area contributed by atoms with Crippen LogP contribution in [0.4, 0.5) is 0 Å². The largest absolute Gasteiger partial charge is 0.248 e. The highest BCUT2D eigenvalue weighted by molar-refractivity contribution is 7.89. The van der Waals surface area contributed by atoms with Crippen molar-refractivity contribution in [3.8, 4) is 6.07 Å². The van der Waals surface area contributed by atoms with E-state index in [0.717, 1.165) is 24.8 Å². The van der Waals surface area contributed by atoms with E-state index in [1.807, 2.05) is 37.3 Å². The number of hydrogen-bond acceptors (Lipinski definition) is 2. The number of nitriles is 1. The van der Waals surface area contributed by atoms with Gasteiger partial charge in [-0.3, -0.25) is 0 Å². The molecule has 1 rings (SSSR count). The van der Waals surface area contributed by atoms with Gasteiger partial charge in [-0.25, -0.2) is 4.21 Å². The number of rotatable bonds is 7. The van der Waals surface area contributed by atoms with Gasteiger partial charge in [-0.15, -0.1) is 0 Å². The lowest BCUT2D eigenvalue weighted by atomic mass is 9.84. The molecule has 1 aromatic rings. The first-order valence-corrected chi connectivity index (χ1v) is 9.12. The van der Waals surface area contributed by atoms with Crippen molar-refractivity contribution in [3.05, 3.63) is 52.5 Å². The zero-order valence-electron chi connectivity index (χ0n) is 14.8. The minimum Gasteiger partial charge on any atom is -0.248 e. The molecule has 0 aliphatic carbocycles. The fraction of sp³-hybridized carbons (Fsp3) is 0.450. The molecule has 0 amide bonds. The van der Waals surface area contributed by atoms with E-state index in [1.165, 1.54) is 5.57 Å². The van der Waals surface area contributed by atoms with Crippen LogP contribution in [0.15, 0.2) is 51.8 Å². The molecule has 0 fully saturated rings. The molecule has 3 heteroatoms. The third-order valence-electron chi connectivity index (χ3n) is 3.76. The number of benzene rings is 1. The highest BCUT2D eigenvalue weighted by atomic mass is 32.2. The Morgan fingerprint density at radius 2 is 1.83 bits per heavy atom. The van der Waals surface area contributed by atoms with Gasteiger partial charge in [0.15, 0.2) is 0 Å². The molecule has 1 aromatic carbocycles. The Morgan fingerprint density at radius 1 is 1.22 bits per heavy atom. The van der Waals surface area contributed by atoms with E-state index in [1.54, 1.807) is 0 Å². The monoisotopic (exact) mass is 329 g/mol. The van der Waals surface area contributed by atoms with Crippen molar-refractivity contribution < 1.29 is 4.21 Å². The van der Waals surface area contributed by atoms with Crippen LogP contribution in [0.2, 0.25) is 0 Å². The SMILES string of the molecule is CC(C)=CCCC(C)(C)C/C=C(\C#N)S(=O)c1ccc(C)cc1. The standard InChI is InChI=1S/C20H27NOS/c1-16(2)7-6-13-20(4,5)14-12-19(15-21)23(22)18-10-8-17(3)9-11-18/h7-12H,6,13-14H2,1-5H3/b19-12+. The van der Waals surface area contributed by atoms with Gasteiger partial charge in [0.05, 0.1) is 10.8 Å². The lowest BCUT2D eigenvalue weighted by molar-refractivity contribution is 0.342. The van der Waals surface area contributed by atoms with Crippen LogP contribution in [0, 0.1) is 23.7 Å². The maximum Gasteiger partial charge on any atom is 0.117 e. The molecule has 0 saturated carbocycles. The molecule has 1 atom stereocenters. The number of nitrogens with zero attached hydrogens (tertiary/aromatic N) is 1. The molecule has 0 aliphatic rings. The van der Waals surface area contributed by atoms with Gasteiger partial charge in [-0.05, 0) is 57.6 Å². The Kier molecular flexibility index (Phi) is 7.45. The average molecular weight is 330 g/mol. The summed E-state index contributed by atoms with van der Waals surface area (Å²) in [6, 6.07) is 9.62. The van der Waals surface area contributed by atoms with E-state index in [2.05, 4.69) is 39.8 Å². The summed E-state index contributed by atoms with van der Waals surface area (Å²) in [6.07, 6.45) is 6.92. The fourth-order valence-corrected chi connectivity index (χ4v) is 3.13. The molecule has 0 aliphatic heterocycles. The zero-order chi connectivity index (χ0) is 17.5. The van der Waals surface area contributed by atoms with E-state index in [4.69, 9.17) is 0 Å². The second-order valence-electron chi connectivity index (χ2n) is 6.95. The van der Waals surface area contributed by atoms with Crippen LogP contribution >= 0.6 is 0 Å². The molecule has 0 heterocycles. The Hall–Kier alpha value is -1.66. The smallest absolute Gasteiger partial charge is 0.117 e. The van der Waals surface area contributed by atoms with E-state index < -0.39 is 10.8 Å². The average Bonchev–Trinajstić information content (AvgIpc) is 2.47. The maximum absolute atomic E-state index is 12.5. The first kappa shape index (κ1) is 19.4. The van der Waals surface area contributed by atoms with Crippen molar-refractivity contribution in [1.29, 1.82) is 5.26 Å². The summed E-state index contributed by atoms with van der Waals surface area (Å²) in [7, 11) is -1.39. The second kappa shape index (κ2) is 8.84. The maximum atomic E-state index is 12.5. The van der Waals surface area contributed by atoms with E-state index >= 15 is 0 Å². The first-order valence-electron chi connectivity index (χ1n) is 7.97. The van der Waals surface area contributed by atoms with Gasteiger partial charge in [-0.1, -0.05) is 49.3 Å². The Balaban J connectivity index is 2.78. The van der Waals surface area contributed by atoms with Crippen LogP contribution in [0.3, 0.4) is 0 Å². The predicted octanol–water partition coefficient (Wildman–Crippen LogP) is 5.67. The van der Waals surface area contributed by atoms with Gasteiger partial charge in [0.2, 0.25) is 0 Å². The van der Waals surface area contributed by atoms with Gasteiger partial charge < -0.3 is 0 Å². The first-order chi connectivity index (χ1) is 10.7. The molecule has 0 saturated heterocycles. The van der Waals surface area contributed by atoms with Crippen molar-refractivity contribution in [3.63, 3.8) is 0 Å². The minimum absolute atomic E-state index is 0.0888. The summed E-state index contributed by atoms with van der Waals surface area (Å²) in [4.78, 5) is 1.04. The molecular weight excluding hydrogens is 302 g/mol. The highest BCUT2D eigenvalue weighted by Gasteiger charge is 2.17. The van der Waals surface area contributed by atoms with Crippen molar-refractivity contribution in [2.24, 2.45) is 5.41 Å². The molecule has 0 bridgehead atoms. The zero-order valence-corrected chi connectivity index (χ0v) is 15.7. The summed E-state index contributed by atoms with van der Waals surface area (Å²) < 4.78 is 12.5. The second-order valence-corrected chi connectivity index (χ2v) is 8.40. The van der Waals surface area contributed by atoms with Crippen LogP contribution in [0.5, 0.6) is 0 Å². The van der Waals surface area contributed by atoms with Gasteiger partial charge in [0.1, 0.15) is 11.0 Å². The molecular formula is C20H27NOS. The molecule has 0 spiro atoms. The van der Waals surface area contributed by atoms with E-state index in [0.29, 0.717) is 9.80 Å². The molecule has 0 N–H and O–H groups in total. The molecule has 0 radical (unpaired) electrons. The van der Waals surface area contributed by atoms with Crippen LogP contribution < -0.4 is 0 Å². The van der Waals surface area contributed by atoms with Crippen molar-refractivity contribution in [2.45, 2.75) is 58.8 Å². The summed E-state index contributed by atoms with van der Waals surface area (Å²) in [5.74, 6) is 0. The predicted molar refractivity (Wildman–Crippen MR) is 98.3 cm³/mol. The van der Waals surface area contributed by atoms with Crippen LogP contribution in [-0.4, -0.2) is 4.21 Å². The van der Waals surface area contributed by atoms with Gasteiger partial charge in [0.25, 0.3) is 0 Å². The topological polar surface area (TPSA) is 40.9 Å². The number of hydrogen-bond donors (Lipinski definition) is 0. The summed E-state index contributed by atoms with van der Waals surface area (Å²) in [6.45, 7) is 10.6. The summed E-state index contributed by atoms with van der Waals surface area (Å²) in [5.41, 5.74) is 2.54. The highest BCUT2D eigenvalue weighted by Crippen LogP contribution is 2.29. The lowest BCUT2D eigenvalue weighted by Crippen LogP contribution is -2.10. The number of allylic oxidation sites excluding steroid dienone is 4. The van der Waals surface area contributed by atoms with Crippen molar-refractivity contribution >= 4 is 10.8 Å². The van der Waals surface area contributed by atoms with E-state index in [-0.39, 0.29) is 5.41 Å². The lowest BCUT2D eigenvalue weighted by Gasteiger charge is -2.22. The van der Waals surface area contributed by atoms with Crippen LogP contribution in [0.1, 0.15) is 52.5 Å². The molecule has 2 nitrogen and oxygen atoms in total. The minimum atomic E-state index is -1.39. The molecule has 23 heavy (non-hydrogen) atoms. The van der Waals surface area contributed by atoms with Gasteiger partial charge >= 0.3 is 0 Å². The van der Waals surface area contributed by atoms with Crippen molar-refractivity contribution in [1.82, 2.24) is 0 Å². The Labute approximate surface area is 143 Å². The fourth-order valence-electron chi connectivity index (χ4n) is 2.17. The molecule has 124 valence electrons. The van der Waals surface area contributed by atoms with Gasteiger partial charge in [-0.2, -0.15) is 5.26 Å². The van der Waals surface area contributed by atoms with Crippen LogP contribution in [0.25, 0.3) is 0 Å². The molecule has 0 aromatic heterocycles. The quantitative estimate of drug-likeness (QED) is 0.477. The van der Waals surface area contributed by atoms with Crippen LogP contribution in [-0.2, 0) is 10.8 Å². The van der Waals surface area contributed by atoms with Gasteiger partial charge in [0, 0.05) is 4.90 Å². The third kappa shape index (κ3) is 6.97. The Bertz CT molecular complexity index is 641. The third-order valence-corrected chi connectivity index (χ3v) is 5.12. The van der Waals surface area contributed by atoms with E-state index in [9.17, 15) is 9.47 Å². The normalized spacial score (nSPS) is 13.3.